The lowest BCUT2D eigenvalue weighted by Crippen LogP contribution is -2.55. The van der Waals surface area contributed by atoms with Crippen molar-refractivity contribution < 1.29 is 5.11 Å². The molecule has 1 aromatic heterocycles. The molecule has 2 rings (SSSR count). The zero-order chi connectivity index (χ0) is 16.5. The Labute approximate surface area is 134 Å². The Bertz CT molecular complexity index is 509. The average molecular weight is 308 g/mol. The fourth-order valence-corrected chi connectivity index (χ4v) is 4.35. The first-order chi connectivity index (χ1) is 10.2. The Hall–Kier alpha value is -0.940. The third kappa shape index (κ3) is 3.69. The summed E-state index contributed by atoms with van der Waals surface area (Å²) in [7, 11) is 2.02. The SMILES string of the molecule is CC1CC(C)(C)CC(CO)(NCc2nnc(C(C)C)n2C)C1. The molecule has 0 spiro atoms. The molecular weight excluding hydrogens is 276 g/mol. The fraction of sp³-hybridized carbons (Fsp3) is 0.882. The molecule has 126 valence electrons. The third-order valence-corrected chi connectivity index (χ3v) is 4.90. The third-order valence-electron chi connectivity index (χ3n) is 4.90. The van der Waals surface area contributed by atoms with Crippen molar-refractivity contribution in [1.82, 2.24) is 20.1 Å². The minimum atomic E-state index is -0.203. The largest absolute Gasteiger partial charge is 0.394 e. The second kappa shape index (κ2) is 6.28. The highest BCUT2D eigenvalue weighted by atomic mass is 16.3. The molecule has 22 heavy (non-hydrogen) atoms. The van der Waals surface area contributed by atoms with Crippen LogP contribution in [0, 0.1) is 11.3 Å². The molecule has 0 saturated heterocycles. The van der Waals surface area contributed by atoms with Crippen LogP contribution in [0.5, 0.6) is 0 Å². The second-order valence-corrected chi connectivity index (χ2v) is 8.33. The number of hydrogen-bond donors (Lipinski definition) is 2. The number of nitrogens with zero attached hydrogens (tertiary/aromatic N) is 3. The van der Waals surface area contributed by atoms with E-state index in [1.807, 2.05) is 7.05 Å². The maximum atomic E-state index is 10.0. The lowest BCUT2D eigenvalue weighted by molar-refractivity contribution is 0.0346. The molecular formula is C17H32N4O. The molecule has 2 atom stereocenters. The van der Waals surface area contributed by atoms with E-state index in [2.05, 4.69) is 54.7 Å². The van der Waals surface area contributed by atoms with Gasteiger partial charge in [-0.1, -0.05) is 34.6 Å². The summed E-state index contributed by atoms with van der Waals surface area (Å²) in [4.78, 5) is 0. The summed E-state index contributed by atoms with van der Waals surface area (Å²) in [6.45, 7) is 12.0. The minimum Gasteiger partial charge on any atom is -0.394 e. The van der Waals surface area contributed by atoms with Crippen molar-refractivity contribution in [3.05, 3.63) is 11.6 Å². The predicted octanol–water partition coefficient (Wildman–Crippen LogP) is 2.61. The van der Waals surface area contributed by atoms with E-state index in [1.165, 1.54) is 6.42 Å². The van der Waals surface area contributed by atoms with E-state index in [9.17, 15) is 5.11 Å². The van der Waals surface area contributed by atoms with Gasteiger partial charge in [-0.05, 0) is 30.6 Å². The predicted molar refractivity (Wildman–Crippen MR) is 88.5 cm³/mol. The number of rotatable bonds is 5. The summed E-state index contributed by atoms with van der Waals surface area (Å²) < 4.78 is 2.07. The number of hydrogen-bond acceptors (Lipinski definition) is 4. The zero-order valence-electron chi connectivity index (χ0n) is 15.0. The second-order valence-electron chi connectivity index (χ2n) is 8.33. The maximum Gasteiger partial charge on any atom is 0.146 e. The normalized spacial score (nSPS) is 28.3. The molecule has 2 unspecified atom stereocenters. The maximum absolute atomic E-state index is 10.0. The number of aliphatic hydroxyl groups excluding tert-OH is 1. The molecule has 1 saturated carbocycles. The van der Waals surface area contributed by atoms with Gasteiger partial charge in [-0.25, -0.2) is 0 Å². The molecule has 1 fully saturated rings. The molecule has 0 aromatic carbocycles. The molecule has 0 aliphatic heterocycles. The average Bonchev–Trinajstić information content (AvgIpc) is 2.75. The molecule has 1 aliphatic rings. The Morgan fingerprint density at radius 2 is 2.00 bits per heavy atom. The van der Waals surface area contributed by atoms with Gasteiger partial charge in [0.05, 0.1) is 13.2 Å². The van der Waals surface area contributed by atoms with Crippen LogP contribution in [-0.4, -0.2) is 32.0 Å². The number of aliphatic hydroxyl groups is 1. The highest BCUT2D eigenvalue weighted by Gasteiger charge is 2.42. The number of aromatic nitrogens is 3. The van der Waals surface area contributed by atoms with Gasteiger partial charge in [-0.15, -0.1) is 10.2 Å². The van der Waals surface area contributed by atoms with E-state index >= 15 is 0 Å². The first-order valence-electron chi connectivity index (χ1n) is 8.42. The van der Waals surface area contributed by atoms with Crippen molar-refractivity contribution in [3.8, 4) is 0 Å². The van der Waals surface area contributed by atoms with Gasteiger partial charge in [-0.2, -0.15) is 0 Å². The first kappa shape index (κ1) is 17.4. The quantitative estimate of drug-likeness (QED) is 0.877. The van der Waals surface area contributed by atoms with Crippen LogP contribution in [0.15, 0.2) is 0 Å². The van der Waals surface area contributed by atoms with Gasteiger partial charge in [0, 0.05) is 18.5 Å². The van der Waals surface area contributed by atoms with Gasteiger partial charge in [0.2, 0.25) is 0 Å². The summed E-state index contributed by atoms with van der Waals surface area (Å²) >= 11 is 0. The first-order valence-corrected chi connectivity index (χ1v) is 8.42. The van der Waals surface area contributed by atoms with Crippen LogP contribution in [-0.2, 0) is 13.6 Å². The van der Waals surface area contributed by atoms with Crippen molar-refractivity contribution in [1.29, 1.82) is 0 Å². The molecule has 0 radical (unpaired) electrons. The van der Waals surface area contributed by atoms with E-state index in [4.69, 9.17) is 0 Å². The molecule has 0 amide bonds. The van der Waals surface area contributed by atoms with Crippen molar-refractivity contribution in [2.45, 2.75) is 71.9 Å². The Balaban J connectivity index is 2.11. The van der Waals surface area contributed by atoms with Crippen LogP contribution >= 0.6 is 0 Å². The van der Waals surface area contributed by atoms with E-state index in [0.29, 0.717) is 18.4 Å². The van der Waals surface area contributed by atoms with E-state index in [1.54, 1.807) is 0 Å². The van der Waals surface area contributed by atoms with Crippen molar-refractivity contribution >= 4 is 0 Å². The van der Waals surface area contributed by atoms with Crippen molar-refractivity contribution in [2.75, 3.05) is 6.61 Å². The van der Waals surface area contributed by atoms with Gasteiger partial charge in [-0.3, -0.25) is 0 Å². The van der Waals surface area contributed by atoms with Crippen LogP contribution in [0.1, 0.15) is 71.4 Å². The fourth-order valence-electron chi connectivity index (χ4n) is 4.35. The highest BCUT2D eigenvalue weighted by Crippen LogP contribution is 2.43. The van der Waals surface area contributed by atoms with Crippen LogP contribution in [0.4, 0.5) is 0 Å². The van der Waals surface area contributed by atoms with Crippen LogP contribution < -0.4 is 5.32 Å². The Morgan fingerprint density at radius 1 is 1.32 bits per heavy atom. The molecule has 5 nitrogen and oxygen atoms in total. The summed E-state index contributed by atoms with van der Waals surface area (Å²) in [6, 6.07) is 0. The van der Waals surface area contributed by atoms with Gasteiger partial charge in [0.25, 0.3) is 0 Å². The van der Waals surface area contributed by atoms with Gasteiger partial charge in [0.15, 0.2) is 0 Å². The molecule has 1 aromatic rings. The van der Waals surface area contributed by atoms with Crippen LogP contribution in [0.25, 0.3) is 0 Å². The van der Waals surface area contributed by atoms with Crippen molar-refractivity contribution in [2.24, 2.45) is 18.4 Å². The number of nitrogens with one attached hydrogen (secondary N) is 1. The lowest BCUT2D eigenvalue weighted by atomic mass is 9.64. The van der Waals surface area contributed by atoms with Gasteiger partial charge >= 0.3 is 0 Å². The standard InChI is InChI=1S/C17H32N4O/c1-12(2)15-20-19-14(21(15)6)9-18-17(11-22)8-13(3)7-16(4,5)10-17/h12-13,18,22H,7-11H2,1-6H3. The minimum absolute atomic E-state index is 0.176. The van der Waals surface area contributed by atoms with Crippen LogP contribution in [0.2, 0.25) is 0 Å². The summed E-state index contributed by atoms with van der Waals surface area (Å²) in [5, 5.41) is 22.2. The molecule has 0 bridgehead atoms. The summed E-state index contributed by atoms with van der Waals surface area (Å²) in [5.41, 5.74) is 0.0570. The van der Waals surface area contributed by atoms with E-state index in [0.717, 1.165) is 24.5 Å². The highest BCUT2D eigenvalue weighted by molar-refractivity contribution is 5.03. The molecule has 1 aliphatic carbocycles. The molecule has 1 heterocycles. The Morgan fingerprint density at radius 3 is 2.50 bits per heavy atom. The van der Waals surface area contributed by atoms with E-state index in [-0.39, 0.29) is 17.6 Å². The summed E-state index contributed by atoms with van der Waals surface area (Å²) in [6.07, 6.45) is 3.23. The monoisotopic (exact) mass is 308 g/mol. The smallest absolute Gasteiger partial charge is 0.146 e. The van der Waals surface area contributed by atoms with Crippen molar-refractivity contribution in [3.63, 3.8) is 0 Å². The van der Waals surface area contributed by atoms with Gasteiger partial charge in [0.1, 0.15) is 11.6 Å². The lowest BCUT2D eigenvalue weighted by Gasteiger charge is -2.47. The van der Waals surface area contributed by atoms with Gasteiger partial charge < -0.3 is 15.0 Å². The topological polar surface area (TPSA) is 63.0 Å². The molecule has 5 heteroatoms. The molecule has 2 N–H and O–H groups in total. The Kier molecular flexibility index (Phi) is 4.97. The van der Waals surface area contributed by atoms with Crippen LogP contribution in [0.3, 0.4) is 0 Å². The van der Waals surface area contributed by atoms with E-state index < -0.39 is 0 Å². The zero-order valence-corrected chi connectivity index (χ0v) is 15.0. The summed E-state index contributed by atoms with van der Waals surface area (Å²) in [5.74, 6) is 2.93.